The van der Waals surface area contributed by atoms with Gasteiger partial charge in [-0.2, -0.15) is 5.10 Å². The molecule has 4 unspecified atom stereocenters. The van der Waals surface area contributed by atoms with Crippen molar-refractivity contribution < 1.29 is 14.2 Å². The maximum atomic E-state index is 6.07. The Hall–Kier alpha value is -1.74. The van der Waals surface area contributed by atoms with Crippen LogP contribution in [0, 0.1) is 0 Å². The van der Waals surface area contributed by atoms with Crippen LogP contribution in [0.1, 0.15) is 56.9 Å². The molecule has 3 aliphatic heterocycles. The Morgan fingerprint density at radius 1 is 1.23 bits per heavy atom. The first-order valence-electron chi connectivity index (χ1n) is 11.7. The van der Waals surface area contributed by atoms with E-state index in [-0.39, 0.29) is 12.3 Å². The average molecular weight is 430 g/mol. The number of hydrogen-bond donors (Lipinski definition) is 0. The van der Waals surface area contributed by atoms with Gasteiger partial charge in [-0.3, -0.25) is 4.90 Å². The molecule has 170 valence electrons. The molecule has 8 heteroatoms. The van der Waals surface area contributed by atoms with Gasteiger partial charge in [0.2, 0.25) is 0 Å². The van der Waals surface area contributed by atoms with E-state index in [1.165, 1.54) is 24.8 Å². The normalized spacial score (nSPS) is 27.4. The van der Waals surface area contributed by atoms with Crippen LogP contribution >= 0.6 is 0 Å². The fourth-order valence-corrected chi connectivity index (χ4v) is 5.30. The molecule has 8 nitrogen and oxygen atoms in total. The van der Waals surface area contributed by atoms with Gasteiger partial charge in [-0.1, -0.05) is 0 Å². The van der Waals surface area contributed by atoms with Crippen molar-refractivity contribution >= 4 is 16.9 Å². The molecule has 0 radical (unpaired) electrons. The molecule has 2 bridgehead atoms. The first-order valence-corrected chi connectivity index (χ1v) is 11.7. The van der Waals surface area contributed by atoms with Gasteiger partial charge in [-0.15, -0.1) is 0 Å². The summed E-state index contributed by atoms with van der Waals surface area (Å²) in [5.74, 6) is 1.06. The Balaban J connectivity index is 1.58. The smallest absolute Gasteiger partial charge is 0.163 e. The Labute approximate surface area is 184 Å². The van der Waals surface area contributed by atoms with E-state index < -0.39 is 0 Å². The molecule has 31 heavy (non-hydrogen) atoms. The minimum atomic E-state index is -0.0233. The van der Waals surface area contributed by atoms with E-state index in [2.05, 4.69) is 29.8 Å². The molecule has 2 aromatic heterocycles. The van der Waals surface area contributed by atoms with Crippen molar-refractivity contribution in [1.82, 2.24) is 19.7 Å². The molecule has 3 saturated heterocycles. The third-order valence-corrected chi connectivity index (χ3v) is 7.28. The molecule has 2 aromatic rings. The SMILES string of the molecule is COCCN(C)C(C)c1cc(N2C3CCC2COC3)nc2c1cnn2C1CCCCO1. The summed E-state index contributed by atoms with van der Waals surface area (Å²) in [6, 6.07) is 3.35. The maximum absolute atomic E-state index is 6.07. The van der Waals surface area contributed by atoms with Crippen LogP contribution in [0.15, 0.2) is 12.3 Å². The summed E-state index contributed by atoms with van der Waals surface area (Å²) < 4.78 is 19.2. The summed E-state index contributed by atoms with van der Waals surface area (Å²) >= 11 is 0. The van der Waals surface area contributed by atoms with Crippen LogP contribution in [-0.2, 0) is 14.2 Å². The number of nitrogens with zero attached hydrogens (tertiary/aromatic N) is 5. The summed E-state index contributed by atoms with van der Waals surface area (Å²) in [6.07, 6.45) is 7.59. The van der Waals surface area contributed by atoms with E-state index in [9.17, 15) is 0 Å². The summed E-state index contributed by atoms with van der Waals surface area (Å²) in [5, 5.41) is 5.89. The molecule has 0 N–H and O–H groups in total. The molecule has 4 atom stereocenters. The van der Waals surface area contributed by atoms with Crippen molar-refractivity contribution in [1.29, 1.82) is 0 Å². The van der Waals surface area contributed by atoms with Crippen molar-refractivity contribution in [2.45, 2.75) is 63.4 Å². The van der Waals surface area contributed by atoms with Crippen molar-refractivity contribution in [3.05, 3.63) is 17.8 Å². The number of anilines is 1. The topological polar surface area (TPSA) is 64.9 Å². The molecule has 0 saturated carbocycles. The lowest BCUT2D eigenvalue weighted by Crippen LogP contribution is -2.46. The highest BCUT2D eigenvalue weighted by molar-refractivity contribution is 5.82. The van der Waals surface area contributed by atoms with Gasteiger partial charge < -0.3 is 19.1 Å². The number of rotatable bonds is 7. The van der Waals surface area contributed by atoms with Crippen molar-refractivity contribution in [2.24, 2.45) is 0 Å². The molecule has 0 aliphatic carbocycles. The summed E-state index contributed by atoms with van der Waals surface area (Å²) in [4.78, 5) is 10.0. The average Bonchev–Trinajstić information content (AvgIpc) is 3.34. The van der Waals surface area contributed by atoms with Gasteiger partial charge in [-0.25, -0.2) is 9.67 Å². The van der Waals surface area contributed by atoms with Gasteiger partial charge in [0.05, 0.1) is 38.1 Å². The second-order valence-corrected chi connectivity index (χ2v) is 9.20. The monoisotopic (exact) mass is 429 g/mol. The Morgan fingerprint density at radius 3 is 2.74 bits per heavy atom. The summed E-state index contributed by atoms with van der Waals surface area (Å²) in [5.41, 5.74) is 2.21. The lowest BCUT2D eigenvalue weighted by Gasteiger charge is -2.36. The van der Waals surface area contributed by atoms with Crippen LogP contribution in [0.3, 0.4) is 0 Å². The Bertz CT molecular complexity index is 881. The number of ether oxygens (including phenoxy) is 3. The Morgan fingerprint density at radius 2 is 2.03 bits per heavy atom. The Kier molecular flexibility index (Phi) is 6.14. The minimum Gasteiger partial charge on any atom is -0.383 e. The second-order valence-electron chi connectivity index (χ2n) is 9.20. The summed E-state index contributed by atoms with van der Waals surface area (Å²) in [6.45, 7) is 6.23. The number of aromatic nitrogens is 3. The van der Waals surface area contributed by atoms with Crippen LogP contribution in [0.5, 0.6) is 0 Å². The van der Waals surface area contributed by atoms with Crippen molar-refractivity contribution in [2.75, 3.05) is 52.0 Å². The standard InChI is InChI=1S/C23H35N5O3/c1-16(26(2)9-11-29-3)19-12-21(27-17-7-8-18(27)15-30-14-17)25-23-20(19)13-24-28(23)22-6-4-5-10-31-22/h12-13,16-18,22H,4-11,14-15H2,1-3H3. The third-order valence-electron chi connectivity index (χ3n) is 7.28. The van der Waals surface area contributed by atoms with Gasteiger partial charge in [-0.05, 0) is 57.7 Å². The van der Waals surface area contributed by atoms with Crippen LogP contribution in [0.25, 0.3) is 11.0 Å². The quantitative estimate of drug-likeness (QED) is 0.670. The van der Waals surface area contributed by atoms with Gasteiger partial charge in [0.1, 0.15) is 5.82 Å². The zero-order chi connectivity index (χ0) is 21.4. The van der Waals surface area contributed by atoms with E-state index in [0.29, 0.717) is 18.7 Å². The molecule has 0 spiro atoms. The van der Waals surface area contributed by atoms with Crippen LogP contribution in [0.2, 0.25) is 0 Å². The number of methoxy groups -OCH3 is 1. The van der Waals surface area contributed by atoms with E-state index in [1.54, 1.807) is 7.11 Å². The number of pyridine rings is 1. The van der Waals surface area contributed by atoms with Gasteiger partial charge >= 0.3 is 0 Å². The first kappa shape index (κ1) is 21.1. The van der Waals surface area contributed by atoms with E-state index >= 15 is 0 Å². The zero-order valence-electron chi connectivity index (χ0n) is 19.0. The number of hydrogen-bond acceptors (Lipinski definition) is 7. The van der Waals surface area contributed by atoms with Gasteiger partial charge in [0.15, 0.2) is 11.9 Å². The number of morpholine rings is 1. The summed E-state index contributed by atoms with van der Waals surface area (Å²) in [7, 11) is 3.91. The fourth-order valence-electron chi connectivity index (χ4n) is 5.30. The minimum absolute atomic E-state index is 0.0233. The lowest BCUT2D eigenvalue weighted by atomic mass is 10.0. The molecule has 5 heterocycles. The largest absolute Gasteiger partial charge is 0.383 e. The highest BCUT2D eigenvalue weighted by atomic mass is 16.5. The van der Waals surface area contributed by atoms with E-state index in [4.69, 9.17) is 24.3 Å². The fraction of sp³-hybridized carbons (Fsp3) is 0.739. The molecule has 5 rings (SSSR count). The van der Waals surface area contributed by atoms with Gasteiger partial charge in [0.25, 0.3) is 0 Å². The van der Waals surface area contributed by atoms with Crippen molar-refractivity contribution in [3.63, 3.8) is 0 Å². The maximum Gasteiger partial charge on any atom is 0.163 e. The number of fused-ring (bicyclic) bond motifs is 3. The zero-order valence-corrected chi connectivity index (χ0v) is 19.0. The highest BCUT2D eigenvalue weighted by Crippen LogP contribution is 2.38. The first-order chi connectivity index (χ1) is 15.2. The molecule has 0 aromatic carbocycles. The molecular formula is C23H35N5O3. The second kappa shape index (κ2) is 9.02. The van der Waals surface area contributed by atoms with Crippen LogP contribution in [0.4, 0.5) is 5.82 Å². The van der Waals surface area contributed by atoms with Crippen LogP contribution < -0.4 is 4.90 Å². The van der Waals surface area contributed by atoms with E-state index in [0.717, 1.165) is 56.1 Å². The predicted molar refractivity (Wildman–Crippen MR) is 119 cm³/mol. The lowest BCUT2D eigenvalue weighted by molar-refractivity contribution is -0.0370. The van der Waals surface area contributed by atoms with Gasteiger partial charge in [0, 0.05) is 31.7 Å². The molecule has 0 amide bonds. The number of likely N-dealkylation sites (N-methyl/N-ethyl adjacent to an activating group) is 1. The predicted octanol–water partition coefficient (Wildman–Crippen LogP) is 3.14. The third kappa shape index (κ3) is 3.95. The van der Waals surface area contributed by atoms with Crippen LogP contribution in [-0.4, -0.2) is 78.9 Å². The highest BCUT2D eigenvalue weighted by Gasteiger charge is 2.39. The van der Waals surface area contributed by atoms with E-state index in [1.807, 2.05) is 10.9 Å². The van der Waals surface area contributed by atoms with Crippen molar-refractivity contribution in [3.8, 4) is 0 Å². The molecule has 3 fully saturated rings. The molecule has 3 aliphatic rings. The molecular weight excluding hydrogens is 394 g/mol.